The molecular formula is C25H31N3O4. The van der Waals surface area contributed by atoms with Gasteiger partial charge < -0.3 is 19.7 Å². The Balaban J connectivity index is 1.93. The Kier molecular flexibility index (Phi) is 7.53. The first-order chi connectivity index (χ1) is 15.3. The van der Waals surface area contributed by atoms with E-state index in [2.05, 4.69) is 19.2 Å². The third kappa shape index (κ3) is 5.29. The minimum absolute atomic E-state index is 0.192. The number of anilines is 2. The molecule has 0 saturated heterocycles. The molecule has 1 heterocycles. The smallest absolute Gasteiger partial charge is 0.278 e. The van der Waals surface area contributed by atoms with Crippen molar-refractivity contribution in [1.29, 1.82) is 0 Å². The highest BCUT2D eigenvalue weighted by atomic mass is 16.5. The molecule has 0 saturated carbocycles. The van der Waals surface area contributed by atoms with Gasteiger partial charge in [0.15, 0.2) is 0 Å². The third-order valence-electron chi connectivity index (χ3n) is 5.07. The number of nitrogens with zero attached hydrogens (tertiary/aromatic N) is 2. The molecule has 0 aromatic heterocycles. The maximum absolute atomic E-state index is 13.2. The lowest BCUT2D eigenvalue weighted by Crippen LogP contribution is -2.35. The number of hydrogen-bond acceptors (Lipinski definition) is 6. The van der Waals surface area contributed by atoms with Gasteiger partial charge in [0.1, 0.15) is 11.4 Å². The zero-order valence-corrected chi connectivity index (χ0v) is 19.3. The molecule has 0 aliphatic carbocycles. The molecular weight excluding hydrogens is 406 g/mol. The highest BCUT2D eigenvalue weighted by Crippen LogP contribution is 2.31. The van der Waals surface area contributed by atoms with Crippen LogP contribution in [0.25, 0.3) is 5.57 Å². The summed E-state index contributed by atoms with van der Waals surface area (Å²) in [6.07, 6.45) is 0. The van der Waals surface area contributed by atoms with Crippen molar-refractivity contribution in [3.63, 3.8) is 0 Å². The van der Waals surface area contributed by atoms with Crippen LogP contribution in [0.2, 0.25) is 0 Å². The highest BCUT2D eigenvalue weighted by Gasteiger charge is 2.39. The monoisotopic (exact) mass is 437 g/mol. The number of rotatable bonds is 10. The Morgan fingerprint density at radius 2 is 1.62 bits per heavy atom. The largest absolute Gasteiger partial charge is 0.493 e. The third-order valence-corrected chi connectivity index (χ3v) is 5.07. The fourth-order valence-corrected chi connectivity index (χ4v) is 3.31. The van der Waals surface area contributed by atoms with Crippen LogP contribution in [-0.4, -0.2) is 57.7 Å². The first-order valence-electron chi connectivity index (χ1n) is 10.7. The van der Waals surface area contributed by atoms with Crippen LogP contribution >= 0.6 is 0 Å². The molecule has 7 nitrogen and oxygen atoms in total. The van der Waals surface area contributed by atoms with Gasteiger partial charge in [-0.3, -0.25) is 14.5 Å². The number of carbonyl (C=O) groups is 2. The summed E-state index contributed by atoms with van der Waals surface area (Å²) in [7, 11) is 5.47. The topological polar surface area (TPSA) is 71.1 Å². The van der Waals surface area contributed by atoms with Gasteiger partial charge in [0.25, 0.3) is 11.8 Å². The molecule has 0 fully saturated rings. The molecule has 2 aromatic carbocycles. The lowest BCUT2D eigenvalue weighted by Gasteiger charge is -2.15. The predicted molar refractivity (Wildman–Crippen MR) is 127 cm³/mol. The minimum atomic E-state index is -0.362. The molecule has 0 unspecified atom stereocenters. The summed E-state index contributed by atoms with van der Waals surface area (Å²) in [4.78, 5) is 29.5. The Labute approximate surface area is 189 Å². The van der Waals surface area contributed by atoms with Gasteiger partial charge in [0.2, 0.25) is 0 Å². The average molecular weight is 438 g/mol. The van der Waals surface area contributed by atoms with Gasteiger partial charge in [0, 0.05) is 32.6 Å². The summed E-state index contributed by atoms with van der Waals surface area (Å²) in [5.74, 6) is 0.439. The molecule has 2 aromatic rings. The molecule has 0 radical (unpaired) electrons. The van der Waals surface area contributed by atoms with Crippen molar-refractivity contribution in [2.24, 2.45) is 5.92 Å². The van der Waals surface area contributed by atoms with E-state index in [1.165, 1.54) is 4.90 Å². The minimum Gasteiger partial charge on any atom is -0.493 e. The summed E-state index contributed by atoms with van der Waals surface area (Å²) < 4.78 is 10.8. The molecule has 0 spiro atoms. The number of nitrogens with one attached hydrogen (secondary N) is 1. The van der Waals surface area contributed by atoms with Gasteiger partial charge in [-0.2, -0.15) is 0 Å². The maximum atomic E-state index is 13.2. The van der Waals surface area contributed by atoms with E-state index in [1.54, 1.807) is 7.11 Å². The van der Waals surface area contributed by atoms with E-state index < -0.39 is 0 Å². The van der Waals surface area contributed by atoms with E-state index in [0.29, 0.717) is 23.7 Å². The molecule has 32 heavy (non-hydrogen) atoms. The second-order valence-electron chi connectivity index (χ2n) is 8.30. The normalized spacial score (nSPS) is 13.9. The lowest BCUT2D eigenvalue weighted by molar-refractivity contribution is -0.137. The van der Waals surface area contributed by atoms with Gasteiger partial charge >= 0.3 is 0 Å². The van der Waals surface area contributed by atoms with Crippen LogP contribution in [0.4, 0.5) is 11.4 Å². The quantitative estimate of drug-likeness (QED) is 0.573. The number of benzene rings is 2. The van der Waals surface area contributed by atoms with Crippen molar-refractivity contribution < 1.29 is 19.1 Å². The number of methoxy groups -OCH3 is 1. The maximum Gasteiger partial charge on any atom is 0.278 e. The molecule has 0 bridgehead atoms. The van der Waals surface area contributed by atoms with Crippen LogP contribution in [0, 0.1) is 5.92 Å². The Morgan fingerprint density at radius 3 is 2.19 bits per heavy atom. The zero-order chi connectivity index (χ0) is 23.3. The summed E-state index contributed by atoms with van der Waals surface area (Å²) in [6, 6.07) is 14.9. The summed E-state index contributed by atoms with van der Waals surface area (Å²) in [5.41, 5.74) is 3.04. The van der Waals surface area contributed by atoms with Crippen LogP contribution in [0.15, 0.2) is 54.2 Å². The van der Waals surface area contributed by atoms with Crippen molar-refractivity contribution in [2.75, 3.05) is 51.2 Å². The second-order valence-corrected chi connectivity index (χ2v) is 8.30. The van der Waals surface area contributed by atoms with Crippen LogP contribution in [0.1, 0.15) is 19.4 Å². The van der Waals surface area contributed by atoms with E-state index >= 15 is 0 Å². The van der Waals surface area contributed by atoms with Crippen molar-refractivity contribution >= 4 is 28.8 Å². The number of amides is 2. The fourth-order valence-electron chi connectivity index (χ4n) is 3.31. The predicted octanol–water partition coefficient (Wildman–Crippen LogP) is 3.63. The van der Waals surface area contributed by atoms with Crippen LogP contribution in [0.5, 0.6) is 5.75 Å². The number of hydrogen-bond donors (Lipinski definition) is 1. The molecule has 1 aliphatic heterocycles. The summed E-state index contributed by atoms with van der Waals surface area (Å²) >= 11 is 0. The number of ether oxygens (including phenoxy) is 2. The molecule has 170 valence electrons. The SMILES string of the molecule is COCCN1C(=O)C(Nc2ccc(N(C)C)cc2)=C(c2ccc(OCC(C)C)cc2)C1=O. The van der Waals surface area contributed by atoms with Crippen LogP contribution in [0.3, 0.4) is 0 Å². The van der Waals surface area contributed by atoms with Gasteiger partial charge in [0.05, 0.1) is 25.3 Å². The van der Waals surface area contributed by atoms with E-state index in [-0.39, 0.29) is 30.7 Å². The molecule has 2 amide bonds. The Hall–Kier alpha value is -3.32. The van der Waals surface area contributed by atoms with Crippen LogP contribution in [-0.2, 0) is 14.3 Å². The Morgan fingerprint density at radius 1 is 0.969 bits per heavy atom. The zero-order valence-electron chi connectivity index (χ0n) is 19.3. The molecule has 1 aliphatic rings. The summed E-state index contributed by atoms with van der Waals surface area (Å²) in [6.45, 7) is 5.24. The van der Waals surface area contributed by atoms with Crippen LogP contribution < -0.4 is 15.0 Å². The molecule has 7 heteroatoms. The summed E-state index contributed by atoms with van der Waals surface area (Å²) in [5, 5.41) is 3.17. The molecule has 0 atom stereocenters. The fraction of sp³-hybridized carbons (Fsp3) is 0.360. The van der Waals surface area contributed by atoms with E-state index in [1.807, 2.05) is 67.5 Å². The number of imide groups is 1. The van der Waals surface area contributed by atoms with E-state index in [9.17, 15) is 9.59 Å². The molecule has 1 N–H and O–H groups in total. The van der Waals surface area contributed by atoms with Gasteiger partial charge in [-0.25, -0.2) is 0 Å². The van der Waals surface area contributed by atoms with Gasteiger partial charge in [-0.1, -0.05) is 26.0 Å². The van der Waals surface area contributed by atoms with Crippen molar-refractivity contribution in [3.05, 3.63) is 59.8 Å². The van der Waals surface area contributed by atoms with Gasteiger partial charge in [-0.15, -0.1) is 0 Å². The van der Waals surface area contributed by atoms with Gasteiger partial charge in [-0.05, 0) is 47.9 Å². The average Bonchev–Trinajstić information content (AvgIpc) is 3.00. The van der Waals surface area contributed by atoms with Crippen molar-refractivity contribution in [3.8, 4) is 5.75 Å². The second kappa shape index (κ2) is 10.3. The number of carbonyl (C=O) groups excluding carboxylic acids is 2. The molecule has 3 rings (SSSR count). The first-order valence-corrected chi connectivity index (χ1v) is 10.7. The van der Waals surface area contributed by atoms with Crippen molar-refractivity contribution in [1.82, 2.24) is 4.90 Å². The highest BCUT2D eigenvalue weighted by molar-refractivity contribution is 6.36. The Bertz CT molecular complexity index is 979. The lowest BCUT2D eigenvalue weighted by atomic mass is 10.0. The van der Waals surface area contributed by atoms with E-state index in [4.69, 9.17) is 9.47 Å². The first kappa shape index (κ1) is 23.3. The standard InChI is InChI=1S/C25H31N3O4/c1-17(2)16-32-21-12-6-18(7-13-21)22-23(25(30)28(24(22)29)14-15-31-5)26-19-8-10-20(11-9-19)27(3)4/h6-13,17,26H,14-16H2,1-5H3. The van der Waals surface area contributed by atoms with E-state index in [0.717, 1.165) is 17.1 Å². The van der Waals surface area contributed by atoms with Crippen molar-refractivity contribution in [2.45, 2.75) is 13.8 Å².